The molecular weight excluding hydrogens is 276 g/mol. The van der Waals surface area contributed by atoms with Gasteiger partial charge in [-0.2, -0.15) is 0 Å². The first-order chi connectivity index (χ1) is 10.7. The van der Waals surface area contributed by atoms with E-state index < -0.39 is 11.8 Å². The van der Waals surface area contributed by atoms with Crippen molar-refractivity contribution in [2.45, 2.75) is 12.5 Å². The van der Waals surface area contributed by atoms with Gasteiger partial charge in [0.25, 0.3) is 0 Å². The molecule has 0 spiro atoms. The van der Waals surface area contributed by atoms with Gasteiger partial charge in [0.15, 0.2) is 0 Å². The lowest BCUT2D eigenvalue weighted by Crippen LogP contribution is -2.32. The molecule has 22 heavy (non-hydrogen) atoms. The van der Waals surface area contributed by atoms with Crippen molar-refractivity contribution >= 4 is 11.8 Å². The third kappa shape index (κ3) is 2.72. The normalized spacial score (nSPS) is 18.0. The van der Waals surface area contributed by atoms with E-state index in [-0.39, 0.29) is 18.4 Å². The first kappa shape index (κ1) is 14.3. The standard InChI is InChI=1S/C18H18N2O2/c19-18(22)15-11-16(21)20(12-15)17(13-7-3-1-4-8-13)14-9-5-2-6-10-14/h1-10,15,17H,11-12H2,(H2,19,22). The molecule has 1 aliphatic heterocycles. The van der Waals surface area contributed by atoms with E-state index in [9.17, 15) is 9.59 Å². The molecule has 3 rings (SSSR count). The molecule has 1 saturated heterocycles. The largest absolute Gasteiger partial charge is 0.369 e. The van der Waals surface area contributed by atoms with E-state index in [1.165, 1.54) is 0 Å². The summed E-state index contributed by atoms with van der Waals surface area (Å²) in [6.07, 6.45) is 0.200. The van der Waals surface area contributed by atoms with E-state index in [1.807, 2.05) is 60.7 Å². The van der Waals surface area contributed by atoms with E-state index in [2.05, 4.69) is 0 Å². The molecule has 4 nitrogen and oxygen atoms in total. The van der Waals surface area contributed by atoms with Crippen molar-refractivity contribution in [2.24, 2.45) is 11.7 Å². The molecule has 0 bridgehead atoms. The highest BCUT2D eigenvalue weighted by molar-refractivity contribution is 5.88. The summed E-state index contributed by atoms with van der Waals surface area (Å²) < 4.78 is 0. The number of rotatable bonds is 4. The van der Waals surface area contributed by atoms with Crippen molar-refractivity contribution in [3.63, 3.8) is 0 Å². The van der Waals surface area contributed by atoms with Crippen LogP contribution < -0.4 is 5.73 Å². The number of nitrogens with zero attached hydrogens (tertiary/aromatic N) is 1. The van der Waals surface area contributed by atoms with Gasteiger partial charge >= 0.3 is 0 Å². The van der Waals surface area contributed by atoms with Gasteiger partial charge in [0, 0.05) is 13.0 Å². The van der Waals surface area contributed by atoms with E-state index in [0.29, 0.717) is 6.54 Å². The van der Waals surface area contributed by atoms with Crippen LogP contribution in [0.1, 0.15) is 23.6 Å². The van der Waals surface area contributed by atoms with Crippen molar-refractivity contribution in [1.82, 2.24) is 4.90 Å². The summed E-state index contributed by atoms with van der Waals surface area (Å²) in [4.78, 5) is 25.6. The highest BCUT2D eigenvalue weighted by Gasteiger charge is 2.38. The Morgan fingerprint density at radius 3 is 1.91 bits per heavy atom. The van der Waals surface area contributed by atoms with Crippen molar-refractivity contribution in [3.05, 3.63) is 71.8 Å². The topological polar surface area (TPSA) is 63.4 Å². The smallest absolute Gasteiger partial charge is 0.224 e. The lowest BCUT2D eigenvalue weighted by molar-refractivity contribution is -0.129. The molecule has 112 valence electrons. The van der Waals surface area contributed by atoms with Gasteiger partial charge in [0.05, 0.1) is 12.0 Å². The number of likely N-dealkylation sites (tertiary alicyclic amines) is 1. The third-order valence-corrected chi connectivity index (χ3v) is 4.10. The Balaban J connectivity index is 2.00. The molecule has 2 aromatic carbocycles. The van der Waals surface area contributed by atoms with Gasteiger partial charge in [-0.15, -0.1) is 0 Å². The summed E-state index contributed by atoms with van der Waals surface area (Å²) in [6.45, 7) is 0.378. The quantitative estimate of drug-likeness (QED) is 0.938. The number of hydrogen-bond donors (Lipinski definition) is 1. The maximum atomic E-state index is 12.4. The highest BCUT2D eigenvalue weighted by atomic mass is 16.2. The lowest BCUT2D eigenvalue weighted by atomic mass is 9.97. The number of primary amides is 1. The van der Waals surface area contributed by atoms with Gasteiger partial charge < -0.3 is 10.6 Å². The first-order valence-electron chi connectivity index (χ1n) is 7.35. The summed E-state index contributed by atoms with van der Waals surface area (Å²) in [6, 6.07) is 19.5. The van der Waals surface area contributed by atoms with Gasteiger partial charge in [-0.05, 0) is 11.1 Å². The maximum Gasteiger partial charge on any atom is 0.224 e. The zero-order chi connectivity index (χ0) is 15.5. The highest BCUT2D eigenvalue weighted by Crippen LogP contribution is 2.33. The third-order valence-electron chi connectivity index (χ3n) is 4.10. The van der Waals surface area contributed by atoms with Crippen LogP contribution in [0.4, 0.5) is 0 Å². The fourth-order valence-electron chi connectivity index (χ4n) is 2.99. The maximum absolute atomic E-state index is 12.4. The molecule has 1 atom stereocenters. The monoisotopic (exact) mass is 294 g/mol. The minimum Gasteiger partial charge on any atom is -0.369 e. The molecular formula is C18H18N2O2. The van der Waals surface area contributed by atoms with Crippen LogP contribution in [0.2, 0.25) is 0 Å². The van der Waals surface area contributed by atoms with Crippen LogP contribution in [0.3, 0.4) is 0 Å². The summed E-state index contributed by atoms with van der Waals surface area (Å²) in [5, 5.41) is 0. The first-order valence-corrected chi connectivity index (χ1v) is 7.35. The van der Waals surface area contributed by atoms with Gasteiger partial charge in [-0.25, -0.2) is 0 Å². The predicted molar refractivity (Wildman–Crippen MR) is 83.7 cm³/mol. The summed E-state index contributed by atoms with van der Waals surface area (Å²) in [5.41, 5.74) is 7.45. The van der Waals surface area contributed by atoms with Gasteiger partial charge in [0.1, 0.15) is 0 Å². The van der Waals surface area contributed by atoms with Gasteiger partial charge in [-0.1, -0.05) is 60.7 Å². The van der Waals surface area contributed by atoms with E-state index in [4.69, 9.17) is 5.73 Å². The molecule has 0 aliphatic carbocycles. The number of carbonyl (C=O) groups excluding carboxylic acids is 2. The molecule has 0 saturated carbocycles. The zero-order valence-electron chi connectivity index (χ0n) is 12.2. The van der Waals surface area contributed by atoms with Crippen LogP contribution >= 0.6 is 0 Å². The molecule has 4 heteroatoms. The molecule has 1 unspecified atom stereocenters. The summed E-state index contributed by atoms with van der Waals surface area (Å²) in [5.74, 6) is -0.834. The summed E-state index contributed by atoms with van der Waals surface area (Å²) in [7, 11) is 0. The van der Waals surface area contributed by atoms with Gasteiger partial charge in [0.2, 0.25) is 11.8 Å². The van der Waals surface area contributed by atoms with Crippen LogP contribution in [0, 0.1) is 5.92 Å². The van der Waals surface area contributed by atoms with E-state index >= 15 is 0 Å². The Morgan fingerprint density at radius 1 is 1.00 bits per heavy atom. The molecule has 1 aliphatic rings. The zero-order valence-corrected chi connectivity index (χ0v) is 12.2. The Labute approximate surface area is 129 Å². The second-order valence-corrected chi connectivity index (χ2v) is 5.57. The van der Waals surface area contributed by atoms with Crippen molar-refractivity contribution in [2.75, 3.05) is 6.54 Å². The Kier molecular flexibility index (Phi) is 3.92. The second-order valence-electron chi connectivity index (χ2n) is 5.57. The minimum absolute atomic E-state index is 0.0264. The van der Waals surface area contributed by atoms with Crippen LogP contribution in [-0.2, 0) is 9.59 Å². The number of amides is 2. The molecule has 0 aromatic heterocycles. The lowest BCUT2D eigenvalue weighted by Gasteiger charge is -2.29. The Bertz CT molecular complexity index is 631. The minimum atomic E-state index is -0.407. The fourth-order valence-corrected chi connectivity index (χ4v) is 2.99. The number of nitrogens with two attached hydrogens (primary N) is 1. The Hall–Kier alpha value is -2.62. The molecule has 2 amide bonds. The molecule has 2 aromatic rings. The number of carbonyl (C=O) groups is 2. The average Bonchev–Trinajstić information content (AvgIpc) is 2.92. The molecule has 1 fully saturated rings. The number of hydrogen-bond acceptors (Lipinski definition) is 2. The Morgan fingerprint density at radius 2 is 1.50 bits per heavy atom. The average molecular weight is 294 g/mol. The van der Waals surface area contributed by atoms with Crippen LogP contribution in [0.15, 0.2) is 60.7 Å². The van der Waals surface area contributed by atoms with Crippen molar-refractivity contribution in [1.29, 1.82) is 0 Å². The molecule has 1 heterocycles. The van der Waals surface area contributed by atoms with Crippen LogP contribution in [-0.4, -0.2) is 23.3 Å². The molecule has 2 N–H and O–H groups in total. The predicted octanol–water partition coefficient (Wildman–Crippen LogP) is 2.11. The van der Waals surface area contributed by atoms with Crippen LogP contribution in [0.5, 0.6) is 0 Å². The fraction of sp³-hybridized carbons (Fsp3) is 0.222. The number of benzene rings is 2. The van der Waals surface area contributed by atoms with E-state index in [1.54, 1.807) is 4.90 Å². The summed E-state index contributed by atoms with van der Waals surface area (Å²) >= 11 is 0. The molecule has 0 radical (unpaired) electrons. The van der Waals surface area contributed by atoms with Crippen LogP contribution in [0.25, 0.3) is 0 Å². The van der Waals surface area contributed by atoms with Crippen molar-refractivity contribution < 1.29 is 9.59 Å². The second kappa shape index (κ2) is 6.02. The van der Waals surface area contributed by atoms with Crippen molar-refractivity contribution in [3.8, 4) is 0 Å². The van der Waals surface area contributed by atoms with Gasteiger partial charge in [-0.3, -0.25) is 9.59 Å². The SMILES string of the molecule is NC(=O)C1CC(=O)N(C(c2ccccc2)c2ccccc2)C1. The van der Waals surface area contributed by atoms with E-state index in [0.717, 1.165) is 11.1 Å².